The van der Waals surface area contributed by atoms with Gasteiger partial charge in [-0.15, -0.1) is 0 Å². The zero-order chi connectivity index (χ0) is 29.4. The van der Waals surface area contributed by atoms with Gasteiger partial charge in [-0.3, -0.25) is 4.79 Å². The summed E-state index contributed by atoms with van der Waals surface area (Å²) in [6.45, 7) is 1.66. The number of allylic oxidation sites excluding steroid dienone is 4. The molecule has 4 heterocycles. The fourth-order valence-electron chi connectivity index (χ4n) is 7.38. The summed E-state index contributed by atoms with van der Waals surface area (Å²) in [5, 5.41) is 16.4. The van der Waals surface area contributed by atoms with Crippen LogP contribution in [0.1, 0.15) is 40.8 Å². The standard InChI is InChI=1S/C38H28N2O2S2/c41-35-33(27-19-25(23-11-3-1-4-12-23)21-39-29-15-7-9-17-31(29)43-37(27)39)36(42)34(35)28-20-26(24-13-5-2-6-14-24)22-40-30-16-8-10-18-32(30)44-38(28)40/h1-18,25-26H,19-22H2. The molecule has 4 aliphatic rings. The molecule has 2 atom stereocenters. The average molecular weight is 609 g/mol. The Morgan fingerprint density at radius 1 is 0.727 bits per heavy atom. The maximum Gasteiger partial charge on any atom is 0.266 e. The van der Waals surface area contributed by atoms with Crippen LogP contribution in [0.25, 0.3) is 15.8 Å². The van der Waals surface area contributed by atoms with Crippen molar-refractivity contribution < 1.29 is 14.5 Å². The molecule has 4 aromatic carbocycles. The van der Waals surface area contributed by atoms with E-state index in [0.717, 1.165) is 45.5 Å². The number of carbonyl (C=O) groups excluding carboxylic acids is 1. The Morgan fingerprint density at radius 2 is 1.39 bits per heavy atom. The predicted molar refractivity (Wildman–Crippen MR) is 175 cm³/mol. The van der Waals surface area contributed by atoms with Gasteiger partial charge in [0.25, 0.3) is 5.01 Å². The molecule has 6 heteroatoms. The Balaban J connectivity index is 1.20. The fraction of sp³-hybridized carbons (Fsp3) is 0.158. The molecule has 0 amide bonds. The maximum absolute atomic E-state index is 14.4. The smallest absolute Gasteiger partial charge is 0.266 e. The highest BCUT2D eigenvalue weighted by Crippen LogP contribution is 2.55. The van der Waals surface area contributed by atoms with E-state index in [-0.39, 0.29) is 23.4 Å². The minimum atomic E-state index is -0.0876. The summed E-state index contributed by atoms with van der Waals surface area (Å²) in [5.74, 6) is 0.202. The van der Waals surface area contributed by atoms with E-state index in [1.807, 2.05) is 12.1 Å². The second-order valence-corrected chi connectivity index (χ2v) is 14.0. The number of fused-ring (bicyclic) bond motifs is 6. The fourth-order valence-corrected chi connectivity index (χ4v) is 9.83. The quantitative estimate of drug-likeness (QED) is 0.159. The van der Waals surface area contributed by atoms with Gasteiger partial charge in [0.1, 0.15) is 4.70 Å². The Kier molecular flexibility index (Phi) is 5.97. The lowest BCUT2D eigenvalue weighted by Gasteiger charge is -2.40. The highest BCUT2D eigenvalue weighted by atomic mass is 32.2. The summed E-state index contributed by atoms with van der Waals surface area (Å²) in [7, 11) is 0. The minimum Gasteiger partial charge on any atom is -0.871 e. The lowest BCUT2D eigenvalue weighted by molar-refractivity contribution is -0.675. The third-order valence-electron chi connectivity index (χ3n) is 9.49. The molecule has 0 bridgehead atoms. The third-order valence-corrected chi connectivity index (χ3v) is 11.9. The van der Waals surface area contributed by atoms with Gasteiger partial charge >= 0.3 is 0 Å². The van der Waals surface area contributed by atoms with Crippen molar-refractivity contribution in [3.63, 3.8) is 0 Å². The number of rotatable bonds is 3. The topological polar surface area (TPSA) is 47.3 Å². The van der Waals surface area contributed by atoms with E-state index < -0.39 is 0 Å². The van der Waals surface area contributed by atoms with Crippen molar-refractivity contribution in [1.82, 2.24) is 0 Å². The molecule has 5 aromatic rings. The molecule has 214 valence electrons. The number of anilines is 1. The summed E-state index contributed by atoms with van der Waals surface area (Å²) < 4.78 is 3.51. The number of thiazole rings is 1. The van der Waals surface area contributed by atoms with Crippen molar-refractivity contribution in [2.75, 3.05) is 11.4 Å². The maximum atomic E-state index is 14.4. The summed E-state index contributed by atoms with van der Waals surface area (Å²) in [5.41, 5.74) is 7.39. The van der Waals surface area contributed by atoms with Crippen molar-refractivity contribution in [2.45, 2.75) is 36.1 Å². The van der Waals surface area contributed by atoms with Crippen molar-refractivity contribution in [3.05, 3.63) is 153 Å². The zero-order valence-electron chi connectivity index (χ0n) is 23.9. The number of hydrogen-bond donors (Lipinski definition) is 0. The largest absolute Gasteiger partial charge is 0.871 e. The second kappa shape index (κ2) is 10.1. The summed E-state index contributed by atoms with van der Waals surface area (Å²) in [6, 6.07) is 37.8. The van der Waals surface area contributed by atoms with Crippen LogP contribution in [-0.4, -0.2) is 12.3 Å². The molecule has 1 aromatic heterocycles. The molecule has 0 fully saturated rings. The Hall–Kier alpha value is -4.39. The lowest BCUT2D eigenvalue weighted by Crippen LogP contribution is -2.44. The minimum absolute atomic E-state index is 0.0876. The molecule has 0 N–H and O–H groups in total. The van der Waals surface area contributed by atoms with Gasteiger partial charge in [-0.1, -0.05) is 114 Å². The molecule has 3 aliphatic heterocycles. The number of thioether (sulfide) groups is 1. The molecule has 44 heavy (non-hydrogen) atoms. The average Bonchev–Trinajstić information content (AvgIpc) is 3.65. The molecule has 0 radical (unpaired) electrons. The van der Waals surface area contributed by atoms with E-state index in [0.29, 0.717) is 24.0 Å². The van der Waals surface area contributed by atoms with E-state index in [1.54, 1.807) is 23.1 Å². The van der Waals surface area contributed by atoms with Crippen LogP contribution in [0.4, 0.5) is 5.69 Å². The number of carbonyl (C=O) groups is 1. The van der Waals surface area contributed by atoms with Crippen molar-refractivity contribution in [2.24, 2.45) is 0 Å². The number of para-hydroxylation sites is 2. The van der Waals surface area contributed by atoms with Crippen LogP contribution < -0.4 is 14.6 Å². The Labute approximate surface area is 264 Å². The molecular weight excluding hydrogens is 581 g/mol. The molecule has 4 nitrogen and oxygen atoms in total. The first kappa shape index (κ1) is 26.1. The number of hydrogen-bond acceptors (Lipinski definition) is 5. The van der Waals surface area contributed by atoms with E-state index in [4.69, 9.17) is 0 Å². The first-order valence-electron chi connectivity index (χ1n) is 15.1. The van der Waals surface area contributed by atoms with Gasteiger partial charge in [0.15, 0.2) is 12.3 Å². The van der Waals surface area contributed by atoms with Gasteiger partial charge in [0.2, 0.25) is 5.52 Å². The van der Waals surface area contributed by atoms with E-state index in [1.165, 1.54) is 20.7 Å². The molecule has 1 aliphatic carbocycles. The van der Waals surface area contributed by atoms with Crippen LogP contribution in [-0.2, 0) is 11.3 Å². The number of Topliss-reactive ketones (excluding diaryl/α,β-unsaturated/α-hetero) is 1. The Bertz CT molecular complexity index is 2090. The molecule has 0 saturated heterocycles. The van der Waals surface area contributed by atoms with Gasteiger partial charge in [0, 0.05) is 46.1 Å². The molecule has 0 spiro atoms. The van der Waals surface area contributed by atoms with Crippen LogP contribution >= 0.6 is 23.1 Å². The normalized spacial score (nSPS) is 22.6. The van der Waals surface area contributed by atoms with Crippen LogP contribution in [0.5, 0.6) is 0 Å². The second-order valence-electron chi connectivity index (χ2n) is 12.0. The van der Waals surface area contributed by atoms with Crippen LogP contribution in [0.2, 0.25) is 0 Å². The van der Waals surface area contributed by atoms with Gasteiger partial charge in [0.05, 0.1) is 10.7 Å². The van der Waals surface area contributed by atoms with Gasteiger partial charge < -0.3 is 10.0 Å². The van der Waals surface area contributed by atoms with E-state index in [9.17, 15) is 9.90 Å². The summed E-state index contributed by atoms with van der Waals surface area (Å²) in [4.78, 5) is 17.9. The zero-order valence-corrected chi connectivity index (χ0v) is 25.5. The SMILES string of the molecule is O=C1C(C2=C3Sc4ccccc4N3CC(c3ccccc3)C2)=C([O-])/C1=C1/CC(c2ccccc2)C[n+]2c1sc1ccccc12. The van der Waals surface area contributed by atoms with Gasteiger partial charge in [-0.25, -0.2) is 0 Å². The highest BCUT2D eigenvalue weighted by molar-refractivity contribution is 8.03. The highest BCUT2D eigenvalue weighted by Gasteiger charge is 2.44. The third kappa shape index (κ3) is 3.91. The lowest BCUT2D eigenvalue weighted by atomic mass is 9.74. The van der Waals surface area contributed by atoms with E-state index in [2.05, 4.69) is 107 Å². The number of ketones is 1. The summed E-state index contributed by atoms with van der Waals surface area (Å²) >= 11 is 3.39. The Morgan fingerprint density at radius 3 is 2.16 bits per heavy atom. The summed E-state index contributed by atoms with van der Waals surface area (Å²) in [6.07, 6.45) is 1.36. The molecule has 0 saturated carbocycles. The molecule has 2 unspecified atom stereocenters. The van der Waals surface area contributed by atoms with Gasteiger partial charge in [-0.05, 0) is 47.7 Å². The molecule has 9 rings (SSSR count). The van der Waals surface area contributed by atoms with Crippen LogP contribution in [0.3, 0.4) is 0 Å². The number of benzene rings is 4. The first-order chi connectivity index (χ1) is 21.7. The van der Waals surface area contributed by atoms with E-state index >= 15 is 0 Å². The number of aromatic nitrogens is 1. The monoisotopic (exact) mass is 608 g/mol. The van der Waals surface area contributed by atoms with Crippen molar-refractivity contribution >= 4 is 50.4 Å². The molecular formula is C38H28N2O2S2. The predicted octanol–water partition coefficient (Wildman–Crippen LogP) is 7.34. The van der Waals surface area contributed by atoms with Crippen molar-refractivity contribution in [3.8, 4) is 0 Å². The first-order valence-corrected chi connectivity index (χ1v) is 16.8. The van der Waals surface area contributed by atoms with Gasteiger partial charge in [-0.2, -0.15) is 4.57 Å². The van der Waals surface area contributed by atoms with Crippen LogP contribution in [0.15, 0.2) is 142 Å². The van der Waals surface area contributed by atoms with Crippen molar-refractivity contribution in [1.29, 1.82) is 0 Å². The number of nitrogens with zero attached hydrogens (tertiary/aromatic N) is 2. The van der Waals surface area contributed by atoms with Crippen LogP contribution in [0, 0.1) is 0 Å².